The van der Waals surface area contributed by atoms with Crippen molar-refractivity contribution in [3.8, 4) is 0 Å². The highest BCUT2D eigenvalue weighted by Crippen LogP contribution is 2.37. The number of ether oxygens (including phenoxy) is 2. The third kappa shape index (κ3) is 1.88. The number of aryl methyl sites for hydroxylation is 2. The summed E-state index contributed by atoms with van der Waals surface area (Å²) in [6.07, 6.45) is 0. The fourth-order valence-electron chi connectivity index (χ4n) is 2.61. The van der Waals surface area contributed by atoms with Crippen molar-refractivity contribution in [1.82, 2.24) is 0 Å². The van der Waals surface area contributed by atoms with Crippen LogP contribution in [0.25, 0.3) is 0 Å². The molecule has 1 saturated heterocycles. The van der Waals surface area contributed by atoms with Gasteiger partial charge in [0.2, 0.25) is 5.79 Å². The highest BCUT2D eigenvalue weighted by Gasteiger charge is 2.40. The smallest absolute Gasteiger partial charge is 0.208 e. The van der Waals surface area contributed by atoms with E-state index in [0.29, 0.717) is 19.8 Å². The Labute approximate surface area is 103 Å². The van der Waals surface area contributed by atoms with E-state index in [4.69, 9.17) is 15.2 Å². The van der Waals surface area contributed by atoms with Gasteiger partial charge in [-0.2, -0.15) is 0 Å². The molecule has 1 aliphatic heterocycles. The molecule has 0 radical (unpaired) electrons. The molecule has 1 aliphatic rings. The number of rotatable bonds is 2. The van der Waals surface area contributed by atoms with E-state index < -0.39 is 5.79 Å². The Morgan fingerprint density at radius 3 is 1.94 bits per heavy atom. The summed E-state index contributed by atoms with van der Waals surface area (Å²) < 4.78 is 11.6. The molecule has 94 valence electrons. The van der Waals surface area contributed by atoms with Gasteiger partial charge >= 0.3 is 0 Å². The van der Waals surface area contributed by atoms with E-state index >= 15 is 0 Å². The van der Waals surface area contributed by atoms with Crippen LogP contribution in [0.2, 0.25) is 0 Å². The molecule has 3 nitrogen and oxygen atoms in total. The predicted octanol–water partition coefficient (Wildman–Crippen LogP) is 2.08. The molecule has 1 aromatic carbocycles. The van der Waals surface area contributed by atoms with Gasteiger partial charge in [-0.15, -0.1) is 0 Å². The second-order valence-electron chi connectivity index (χ2n) is 4.79. The van der Waals surface area contributed by atoms with Crippen LogP contribution in [0.5, 0.6) is 0 Å². The molecule has 0 bridgehead atoms. The highest BCUT2D eigenvalue weighted by molar-refractivity contribution is 5.46. The lowest BCUT2D eigenvalue weighted by atomic mass is 9.89. The Morgan fingerprint density at radius 1 is 1.06 bits per heavy atom. The van der Waals surface area contributed by atoms with Gasteiger partial charge in [0.05, 0.1) is 19.8 Å². The topological polar surface area (TPSA) is 44.5 Å². The molecule has 1 heterocycles. The van der Waals surface area contributed by atoms with Crippen LogP contribution in [0.4, 0.5) is 0 Å². The van der Waals surface area contributed by atoms with Gasteiger partial charge < -0.3 is 15.2 Å². The number of hydrogen-bond donors (Lipinski definition) is 1. The summed E-state index contributed by atoms with van der Waals surface area (Å²) in [5.41, 5.74) is 12.0. The molecule has 0 spiro atoms. The lowest BCUT2D eigenvalue weighted by molar-refractivity contribution is -0.157. The Morgan fingerprint density at radius 2 is 1.53 bits per heavy atom. The van der Waals surface area contributed by atoms with Gasteiger partial charge in [-0.25, -0.2) is 0 Å². The van der Waals surface area contributed by atoms with Crippen molar-refractivity contribution in [3.05, 3.63) is 33.9 Å². The van der Waals surface area contributed by atoms with Gasteiger partial charge in [0.1, 0.15) is 0 Å². The molecule has 3 heteroatoms. The van der Waals surface area contributed by atoms with Crippen LogP contribution in [0.3, 0.4) is 0 Å². The zero-order chi connectivity index (χ0) is 12.6. The minimum absolute atomic E-state index is 0.359. The van der Waals surface area contributed by atoms with Gasteiger partial charge in [-0.05, 0) is 49.9 Å². The molecule has 0 atom stereocenters. The van der Waals surface area contributed by atoms with Crippen LogP contribution in [-0.4, -0.2) is 19.8 Å². The van der Waals surface area contributed by atoms with Crippen molar-refractivity contribution < 1.29 is 9.47 Å². The highest BCUT2D eigenvalue weighted by atomic mass is 16.7. The van der Waals surface area contributed by atoms with E-state index in [2.05, 4.69) is 33.8 Å². The second kappa shape index (κ2) is 4.41. The molecule has 0 unspecified atom stereocenters. The molecule has 2 N–H and O–H groups in total. The predicted molar refractivity (Wildman–Crippen MR) is 68.0 cm³/mol. The fraction of sp³-hybridized carbons (Fsp3) is 0.571. The van der Waals surface area contributed by atoms with Crippen molar-refractivity contribution in [1.29, 1.82) is 0 Å². The van der Waals surface area contributed by atoms with Crippen LogP contribution < -0.4 is 5.73 Å². The molecule has 1 aromatic rings. The molecule has 1 fully saturated rings. The largest absolute Gasteiger partial charge is 0.342 e. The minimum atomic E-state index is -0.731. The average Bonchev–Trinajstić information content (AvgIpc) is 2.77. The van der Waals surface area contributed by atoms with Gasteiger partial charge in [0, 0.05) is 5.56 Å². The number of hydrogen-bond acceptors (Lipinski definition) is 3. The third-order valence-electron chi connectivity index (χ3n) is 3.77. The van der Waals surface area contributed by atoms with E-state index in [1.807, 2.05) is 0 Å². The third-order valence-corrected chi connectivity index (χ3v) is 3.77. The summed E-state index contributed by atoms with van der Waals surface area (Å²) >= 11 is 0. The maximum atomic E-state index is 5.89. The van der Waals surface area contributed by atoms with Crippen LogP contribution in [0, 0.1) is 27.7 Å². The van der Waals surface area contributed by atoms with Crippen LogP contribution in [0.15, 0.2) is 6.07 Å². The van der Waals surface area contributed by atoms with E-state index in [1.165, 1.54) is 22.3 Å². The lowest BCUT2D eigenvalue weighted by Crippen LogP contribution is -2.38. The first-order valence-corrected chi connectivity index (χ1v) is 6.07. The number of nitrogens with two attached hydrogens (primary N) is 1. The van der Waals surface area contributed by atoms with Gasteiger partial charge in [-0.3, -0.25) is 0 Å². The van der Waals surface area contributed by atoms with Crippen molar-refractivity contribution in [2.75, 3.05) is 19.8 Å². The maximum absolute atomic E-state index is 5.89. The summed E-state index contributed by atoms with van der Waals surface area (Å²) in [5, 5.41) is 0. The van der Waals surface area contributed by atoms with Gasteiger partial charge in [-0.1, -0.05) is 6.07 Å². The Balaban J connectivity index is 2.65. The summed E-state index contributed by atoms with van der Waals surface area (Å²) in [7, 11) is 0. The quantitative estimate of drug-likeness (QED) is 0.853. The van der Waals surface area contributed by atoms with Gasteiger partial charge in [0.15, 0.2) is 0 Å². The van der Waals surface area contributed by atoms with Crippen LogP contribution >= 0.6 is 0 Å². The SMILES string of the molecule is Cc1cc(C)c(C)c(C2(CN)OCCO2)c1C. The standard InChI is InChI=1S/C14H21NO2/c1-9-7-10(2)12(4)13(11(9)3)14(8-15)16-5-6-17-14/h7H,5-6,8,15H2,1-4H3. The maximum Gasteiger partial charge on any atom is 0.208 e. The Bertz CT molecular complexity index is 408. The average molecular weight is 235 g/mol. The van der Waals surface area contributed by atoms with E-state index in [0.717, 1.165) is 5.56 Å². The summed E-state index contributed by atoms with van der Waals surface area (Å²) in [6, 6.07) is 2.20. The molecule has 0 aliphatic carbocycles. The van der Waals surface area contributed by atoms with E-state index in [9.17, 15) is 0 Å². The molecule has 2 rings (SSSR count). The van der Waals surface area contributed by atoms with Crippen molar-refractivity contribution in [2.45, 2.75) is 33.5 Å². The second-order valence-corrected chi connectivity index (χ2v) is 4.79. The summed E-state index contributed by atoms with van der Waals surface area (Å²) in [6.45, 7) is 10.0. The van der Waals surface area contributed by atoms with E-state index in [-0.39, 0.29) is 0 Å². The Hall–Kier alpha value is -0.900. The fourth-order valence-corrected chi connectivity index (χ4v) is 2.61. The molecule has 0 saturated carbocycles. The molecular formula is C14H21NO2. The molecule has 0 aromatic heterocycles. The van der Waals surface area contributed by atoms with Crippen molar-refractivity contribution in [3.63, 3.8) is 0 Å². The van der Waals surface area contributed by atoms with Crippen LogP contribution in [-0.2, 0) is 15.3 Å². The van der Waals surface area contributed by atoms with Gasteiger partial charge in [0.25, 0.3) is 0 Å². The van der Waals surface area contributed by atoms with E-state index in [1.54, 1.807) is 0 Å². The number of benzene rings is 1. The summed E-state index contributed by atoms with van der Waals surface area (Å²) in [5.74, 6) is -0.731. The minimum Gasteiger partial charge on any atom is -0.342 e. The molecule has 17 heavy (non-hydrogen) atoms. The monoisotopic (exact) mass is 235 g/mol. The Kier molecular flexibility index (Phi) is 3.25. The summed E-state index contributed by atoms with van der Waals surface area (Å²) in [4.78, 5) is 0. The first-order valence-electron chi connectivity index (χ1n) is 6.07. The lowest BCUT2D eigenvalue weighted by Gasteiger charge is -2.31. The first kappa shape index (κ1) is 12.6. The molecular weight excluding hydrogens is 214 g/mol. The van der Waals surface area contributed by atoms with Crippen molar-refractivity contribution in [2.24, 2.45) is 5.73 Å². The van der Waals surface area contributed by atoms with Crippen LogP contribution in [0.1, 0.15) is 27.8 Å². The normalized spacial score (nSPS) is 18.6. The zero-order valence-corrected chi connectivity index (χ0v) is 11.1. The van der Waals surface area contributed by atoms with Crippen molar-refractivity contribution >= 4 is 0 Å². The molecule has 0 amide bonds. The first-order chi connectivity index (χ1) is 8.02. The zero-order valence-electron chi connectivity index (χ0n) is 11.1.